The molecule has 0 aliphatic heterocycles. The second kappa shape index (κ2) is 5.33. The summed E-state index contributed by atoms with van der Waals surface area (Å²) in [6, 6.07) is 8.02. The molecule has 0 saturated heterocycles. The highest BCUT2D eigenvalue weighted by atomic mass is 16.5. The molecule has 3 nitrogen and oxygen atoms in total. The highest BCUT2D eigenvalue weighted by Crippen LogP contribution is 2.54. The van der Waals surface area contributed by atoms with Gasteiger partial charge in [-0.15, -0.1) is 0 Å². The molecule has 1 aromatic rings. The Morgan fingerprint density at radius 3 is 2.74 bits per heavy atom. The monoisotopic (exact) mass is 259 g/mol. The number of methoxy groups -OCH3 is 1. The van der Waals surface area contributed by atoms with Gasteiger partial charge in [0.2, 0.25) is 5.91 Å². The maximum absolute atomic E-state index is 12.3. The van der Waals surface area contributed by atoms with Crippen LogP contribution in [0.4, 0.5) is 5.69 Å². The van der Waals surface area contributed by atoms with E-state index >= 15 is 0 Å². The largest absolute Gasteiger partial charge is 0.384 e. The first kappa shape index (κ1) is 12.7. The van der Waals surface area contributed by atoms with Crippen molar-refractivity contribution in [2.45, 2.75) is 25.7 Å². The van der Waals surface area contributed by atoms with E-state index in [1.54, 1.807) is 7.11 Å². The fourth-order valence-corrected chi connectivity index (χ4v) is 3.24. The van der Waals surface area contributed by atoms with Gasteiger partial charge in [-0.25, -0.2) is 0 Å². The van der Waals surface area contributed by atoms with Gasteiger partial charge >= 0.3 is 0 Å². The van der Waals surface area contributed by atoms with E-state index in [-0.39, 0.29) is 11.8 Å². The van der Waals surface area contributed by atoms with E-state index in [1.807, 2.05) is 18.2 Å². The lowest BCUT2D eigenvalue weighted by Crippen LogP contribution is -2.22. The summed E-state index contributed by atoms with van der Waals surface area (Å²) in [4.78, 5) is 12.3. The third-order valence-corrected chi connectivity index (χ3v) is 4.47. The van der Waals surface area contributed by atoms with Gasteiger partial charge in [0, 0.05) is 18.7 Å². The van der Waals surface area contributed by atoms with Gasteiger partial charge in [-0.05, 0) is 49.1 Å². The van der Waals surface area contributed by atoms with E-state index < -0.39 is 0 Å². The first-order valence-electron chi connectivity index (χ1n) is 7.15. The van der Waals surface area contributed by atoms with Crippen molar-refractivity contribution in [3.05, 3.63) is 29.8 Å². The number of hydrogen-bond acceptors (Lipinski definition) is 2. The van der Waals surface area contributed by atoms with E-state index in [0.29, 0.717) is 6.61 Å². The molecule has 2 unspecified atom stereocenters. The zero-order valence-corrected chi connectivity index (χ0v) is 11.4. The number of fused-ring (bicyclic) bond motifs is 1. The minimum atomic E-state index is 0.206. The van der Waals surface area contributed by atoms with Crippen molar-refractivity contribution < 1.29 is 9.53 Å². The first-order valence-corrected chi connectivity index (χ1v) is 7.15. The summed E-state index contributed by atoms with van der Waals surface area (Å²) in [5, 5.41) is 3.11. The molecule has 2 saturated carbocycles. The minimum Gasteiger partial charge on any atom is -0.384 e. The molecular formula is C16H21NO2. The van der Waals surface area contributed by atoms with E-state index in [1.165, 1.54) is 6.42 Å². The number of anilines is 1. The van der Waals surface area contributed by atoms with Crippen LogP contribution in [-0.4, -0.2) is 19.6 Å². The van der Waals surface area contributed by atoms with Gasteiger partial charge < -0.3 is 10.1 Å². The van der Waals surface area contributed by atoms with Crippen molar-refractivity contribution in [1.29, 1.82) is 0 Å². The fraction of sp³-hybridized carbons (Fsp3) is 0.562. The third-order valence-electron chi connectivity index (χ3n) is 4.47. The summed E-state index contributed by atoms with van der Waals surface area (Å²) in [6.07, 6.45) is 4.38. The Balaban J connectivity index is 1.63. The van der Waals surface area contributed by atoms with Crippen LogP contribution in [0.3, 0.4) is 0 Å². The maximum Gasteiger partial charge on any atom is 0.227 e. The van der Waals surface area contributed by atoms with Crippen LogP contribution in [0.1, 0.15) is 24.8 Å². The lowest BCUT2D eigenvalue weighted by atomic mass is 10.0. The highest BCUT2D eigenvalue weighted by Gasteiger charge is 2.47. The van der Waals surface area contributed by atoms with Crippen LogP contribution in [0.15, 0.2) is 24.3 Å². The SMILES string of the molecule is COCCc1ccccc1NC(=O)C1CC2CC2C1. The van der Waals surface area contributed by atoms with Crippen LogP contribution >= 0.6 is 0 Å². The Labute approximate surface area is 114 Å². The predicted molar refractivity (Wildman–Crippen MR) is 75.0 cm³/mol. The zero-order chi connectivity index (χ0) is 13.2. The van der Waals surface area contributed by atoms with E-state index in [2.05, 4.69) is 11.4 Å². The molecule has 1 N–H and O–H groups in total. The number of amides is 1. The molecule has 2 atom stereocenters. The summed E-state index contributed by atoms with van der Waals surface area (Å²) >= 11 is 0. The standard InChI is InChI=1S/C16H21NO2/c1-19-7-6-11-4-2-3-5-15(11)17-16(18)14-9-12-8-13(12)10-14/h2-5,12-14H,6-10H2,1H3,(H,17,18). The second-order valence-corrected chi connectivity index (χ2v) is 5.81. The Kier molecular flexibility index (Phi) is 3.56. The Morgan fingerprint density at radius 1 is 1.26 bits per heavy atom. The van der Waals surface area contributed by atoms with Gasteiger partial charge in [-0.3, -0.25) is 4.79 Å². The van der Waals surface area contributed by atoms with Crippen LogP contribution in [0.25, 0.3) is 0 Å². The molecule has 0 spiro atoms. The molecule has 102 valence electrons. The van der Waals surface area contributed by atoms with E-state index in [9.17, 15) is 4.79 Å². The number of hydrogen-bond donors (Lipinski definition) is 1. The Bertz CT molecular complexity index is 462. The molecule has 0 radical (unpaired) electrons. The van der Waals surface area contributed by atoms with Crippen molar-refractivity contribution in [3.8, 4) is 0 Å². The molecule has 19 heavy (non-hydrogen) atoms. The van der Waals surface area contributed by atoms with Gasteiger partial charge in [-0.1, -0.05) is 18.2 Å². The molecular weight excluding hydrogens is 238 g/mol. The van der Waals surface area contributed by atoms with Crippen molar-refractivity contribution >= 4 is 11.6 Å². The second-order valence-electron chi connectivity index (χ2n) is 5.81. The van der Waals surface area contributed by atoms with Crippen LogP contribution in [-0.2, 0) is 16.0 Å². The average molecular weight is 259 g/mol. The van der Waals surface area contributed by atoms with E-state index in [4.69, 9.17) is 4.74 Å². The molecule has 0 bridgehead atoms. The number of benzene rings is 1. The van der Waals surface area contributed by atoms with Crippen molar-refractivity contribution in [3.63, 3.8) is 0 Å². The number of nitrogens with one attached hydrogen (secondary N) is 1. The van der Waals surface area contributed by atoms with Crippen LogP contribution < -0.4 is 5.32 Å². The Morgan fingerprint density at radius 2 is 2.00 bits per heavy atom. The summed E-state index contributed by atoms with van der Waals surface area (Å²) in [5.41, 5.74) is 2.10. The quantitative estimate of drug-likeness (QED) is 0.883. The normalized spacial score (nSPS) is 27.9. The molecule has 1 aromatic carbocycles. The topological polar surface area (TPSA) is 38.3 Å². The molecule has 1 amide bonds. The fourth-order valence-electron chi connectivity index (χ4n) is 3.24. The molecule has 3 rings (SSSR count). The lowest BCUT2D eigenvalue weighted by molar-refractivity contribution is -0.120. The minimum absolute atomic E-state index is 0.206. The van der Waals surface area contributed by atoms with Gasteiger partial charge in [0.15, 0.2) is 0 Å². The van der Waals surface area contributed by atoms with Crippen molar-refractivity contribution in [2.24, 2.45) is 17.8 Å². The number of carbonyl (C=O) groups excluding carboxylic acids is 1. The molecule has 2 fully saturated rings. The third kappa shape index (κ3) is 2.81. The average Bonchev–Trinajstić information content (AvgIpc) is 3.04. The molecule has 3 heteroatoms. The molecule has 2 aliphatic rings. The smallest absolute Gasteiger partial charge is 0.227 e. The van der Waals surface area contributed by atoms with Crippen molar-refractivity contribution in [1.82, 2.24) is 0 Å². The summed E-state index contributed by atoms with van der Waals surface area (Å²) < 4.78 is 5.11. The lowest BCUT2D eigenvalue weighted by Gasteiger charge is -2.15. The summed E-state index contributed by atoms with van der Waals surface area (Å²) in [7, 11) is 1.70. The van der Waals surface area contributed by atoms with E-state index in [0.717, 1.165) is 42.3 Å². The van der Waals surface area contributed by atoms with Gasteiger partial charge in [-0.2, -0.15) is 0 Å². The highest BCUT2D eigenvalue weighted by molar-refractivity contribution is 5.93. The van der Waals surface area contributed by atoms with Gasteiger partial charge in [0.05, 0.1) is 6.61 Å². The van der Waals surface area contributed by atoms with Crippen LogP contribution in [0.2, 0.25) is 0 Å². The number of ether oxygens (including phenoxy) is 1. The zero-order valence-electron chi connectivity index (χ0n) is 11.4. The van der Waals surface area contributed by atoms with Crippen molar-refractivity contribution in [2.75, 3.05) is 19.0 Å². The Hall–Kier alpha value is -1.35. The molecule has 0 heterocycles. The number of carbonyl (C=O) groups is 1. The molecule has 2 aliphatic carbocycles. The predicted octanol–water partition coefficient (Wildman–Crippen LogP) is 2.86. The van der Waals surface area contributed by atoms with Gasteiger partial charge in [0.1, 0.15) is 0 Å². The summed E-state index contributed by atoms with van der Waals surface area (Å²) in [6.45, 7) is 0.681. The first-order chi connectivity index (χ1) is 9.28. The van der Waals surface area contributed by atoms with Crippen LogP contribution in [0.5, 0.6) is 0 Å². The molecule has 0 aromatic heterocycles. The van der Waals surface area contributed by atoms with Crippen LogP contribution in [0, 0.1) is 17.8 Å². The van der Waals surface area contributed by atoms with Gasteiger partial charge in [0.25, 0.3) is 0 Å². The maximum atomic E-state index is 12.3. The number of para-hydroxylation sites is 1. The number of rotatable bonds is 5. The summed E-state index contributed by atoms with van der Waals surface area (Å²) in [5.74, 6) is 2.13.